The molecule has 0 unspecified atom stereocenters. The van der Waals surface area contributed by atoms with Crippen LogP contribution in [0.15, 0.2) is 29.2 Å². The zero-order valence-corrected chi connectivity index (χ0v) is 16.4. The Balaban J connectivity index is 2.23. The van der Waals surface area contributed by atoms with E-state index in [1.165, 1.54) is 31.3 Å². The zero-order chi connectivity index (χ0) is 21.7. The minimum Gasteiger partial charge on any atom is -0.364 e. The topological polar surface area (TPSA) is 102 Å². The maximum absolute atomic E-state index is 13.4. The molecule has 29 heavy (non-hydrogen) atoms. The van der Waals surface area contributed by atoms with Crippen LogP contribution in [0.3, 0.4) is 0 Å². The second-order valence-corrected chi connectivity index (χ2v) is 7.48. The summed E-state index contributed by atoms with van der Waals surface area (Å²) in [5.41, 5.74) is 3.18. The lowest BCUT2D eigenvalue weighted by molar-refractivity contribution is -0.181. The van der Waals surface area contributed by atoms with Crippen LogP contribution in [0, 0.1) is 6.92 Å². The second kappa shape index (κ2) is 6.84. The molecule has 0 radical (unpaired) electrons. The van der Waals surface area contributed by atoms with Crippen molar-refractivity contribution in [3.63, 3.8) is 0 Å². The van der Waals surface area contributed by atoms with Gasteiger partial charge in [0.05, 0.1) is 27.3 Å². The third-order valence-corrected chi connectivity index (χ3v) is 5.02. The van der Waals surface area contributed by atoms with E-state index in [-0.39, 0.29) is 33.2 Å². The van der Waals surface area contributed by atoms with E-state index < -0.39 is 22.9 Å². The molecule has 1 amide bonds. The monoisotopic (exact) mass is 424 g/mol. The molecule has 3 aromatic rings. The number of aryl methyl sites for hydroxylation is 1. The Hall–Kier alpha value is -2.94. The first-order valence-corrected chi connectivity index (χ1v) is 8.79. The Morgan fingerprint density at radius 1 is 1.24 bits per heavy atom. The van der Waals surface area contributed by atoms with Gasteiger partial charge in [0, 0.05) is 23.5 Å². The van der Waals surface area contributed by atoms with E-state index in [0.717, 1.165) is 13.8 Å². The van der Waals surface area contributed by atoms with E-state index >= 15 is 0 Å². The standard InChI is InChI=1S/C19H16ClF3N4O2/c1-8-9(6-10(20)16(26-8)18(2,3)19(21,22)23)12-7-13(28)14-11(27-12)4-5-25-15(14)17(24)29/h4-7H,1-3H3,(H2,24,29)(H,27,28). The zero-order valence-electron chi connectivity index (χ0n) is 15.6. The lowest BCUT2D eigenvalue weighted by Gasteiger charge is -2.28. The highest BCUT2D eigenvalue weighted by molar-refractivity contribution is 6.31. The molecule has 3 N–H and O–H groups in total. The van der Waals surface area contributed by atoms with Crippen molar-refractivity contribution in [2.75, 3.05) is 0 Å². The van der Waals surface area contributed by atoms with Gasteiger partial charge in [0.1, 0.15) is 11.1 Å². The third-order valence-electron chi connectivity index (χ3n) is 4.73. The molecule has 0 saturated carbocycles. The summed E-state index contributed by atoms with van der Waals surface area (Å²) in [6.45, 7) is 3.51. The number of hydrogen-bond donors (Lipinski definition) is 2. The average molecular weight is 425 g/mol. The number of H-pyrrole nitrogens is 1. The van der Waals surface area contributed by atoms with Gasteiger partial charge in [0.25, 0.3) is 5.91 Å². The lowest BCUT2D eigenvalue weighted by atomic mass is 9.87. The molecule has 152 valence electrons. The van der Waals surface area contributed by atoms with E-state index in [2.05, 4.69) is 15.0 Å². The molecule has 0 fully saturated rings. The number of pyridine rings is 3. The highest BCUT2D eigenvalue weighted by Gasteiger charge is 2.50. The number of aromatic nitrogens is 3. The van der Waals surface area contributed by atoms with Crippen LogP contribution in [0.4, 0.5) is 13.2 Å². The van der Waals surface area contributed by atoms with Crippen LogP contribution < -0.4 is 11.2 Å². The number of amides is 1. The first-order chi connectivity index (χ1) is 13.3. The minimum absolute atomic E-state index is 0.0234. The van der Waals surface area contributed by atoms with Crippen molar-refractivity contribution in [3.05, 3.63) is 56.7 Å². The van der Waals surface area contributed by atoms with Crippen LogP contribution in [-0.4, -0.2) is 27.0 Å². The SMILES string of the molecule is Cc1nc(C(C)(C)C(F)(F)F)c(Cl)cc1-c1cc(=O)c2c(C(N)=O)nccc2[nH]1. The summed E-state index contributed by atoms with van der Waals surface area (Å²) in [6, 6.07) is 4.02. The number of alkyl halides is 3. The smallest absolute Gasteiger partial charge is 0.364 e. The molecule has 3 aromatic heterocycles. The molecule has 10 heteroatoms. The first-order valence-electron chi connectivity index (χ1n) is 8.41. The Kier molecular flexibility index (Phi) is 4.90. The van der Waals surface area contributed by atoms with Gasteiger partial charge >= 0.3 is 6.18 Å². The van der Waals surface area contributed by atoms with Gasteiger partial charge in [-0.25, -0.2) is 0 Å². The van der Waals surface area contributed by atoms with Crippen molar-refractivity contribution in [1.29, 1.82) is 0 Å². The minimum atomic E-state index is -4.55. The van der Waals surface area contributed by atoms with Crippen molar-refractivity contribution >= 4 is 28.4 Å². The van der Waals surface area contributed by atoms with Gasteiger partial charge in [-0.3, -0.25) is 19.6 Å². The highest BCUT2D eigenvalue weighted by Crippen LogP contribution is 2.43. The van der Waals surface area contributed by atoms with Crippen LogP contribution in [0.2, 0.25) is 5.02 Å². The van der Waals surface area contributed by atoms with E-state index in [1.54, 1.807) is 0 Å². The van der Waals surface area contributed by atoms with Gasteiger partial charge in [-0.2, -0.15) is 13.2 Å². The molecular weight excluding hydrogens is 409 g/mol. The maximum Gasteiger partial charge on any atom is 0.399 e. The maximum atomic E-state index is 13.4. The van der Waals surface area contributed by atoms with Gasteiger partial charge in [-0.15, -0.1) is 0 Å². The van der Waals surface area contributed by atoms with Crippen LogP contribution in [0.1, 0.15) is 35.7 Å². The fourth-order valence-corrected chi connectivity index (χ4v) is 3.35. The molecule has 0 spiro atoms. The quantitative estimate of drug-likeness (QED) is 0.666. The van der Waals surface area contributed by atoms with Crippen LogP contribution >= 0.6 is 11.6 Å². The summed E-state index contributed by atoms with van der Waals surface area (Å²) in [7, 11) is 0. The lowest BCUT2D eigenvalue weighted by Crippen LogP contribution is -2.37. The van der Waals surface area contributed by atoms with E-state index in [4.69, 9.17) is 17.3 Å². The van der Waals surface area contributed by atoms with Gasteiger partial charge < -0.3 is 10.7 Å². The number of primary amides is 1. The fraction of sp³-hybridized carbons (Fsp3) is 0.263. The summed E-state index contributed by atoms with van der Waals surface area (Å²) >= 11 is 6.14. The van der Waals surface area contributed by atoms with Crippen molar-refractivity contribution < 1.29 is 18.0 Å². The Morgan fingerprint density at radius 2 is 1.90 bits per heavy atom. The number of nitrogens with zero attached hydrogens (tertiary/aromatic N) is 2. The number of fused-ring (bicyclic) bond motifs is 1. The predicted molar refractivity (Wildman–Crippen MR) is 103 cm³/mol. The van der Waals surface area contributed by atoms with Crippen molar-refractivity contribution in [3.8, 4) is 11.3 Å². The highest BCUT2D eigenvalue weighted by atomic mass is 35.5. The summed E-state index contributed by atoms with van der Waals surface area (Å²) in [6.07, 6.45) is -3.23. The molecule has 0 aliphatic rings. The van der Waals surface area contributed by atoms with Gasteiger partial charge in [-0.05, 0) is 32.9 Å². The number of rotatable bonds is 3. The van der Waals surface area contributed by atoms with Crippen molar-refractivity contribution in [1.82, 2.24) is 15.0 Å². The fourth-order valence-electron chi connectivity index (χ4n) is 2.96. The second-order valence-electron chi connectivity index (χ2n) is 7.07. The molecule has 3 heterocycles. The van der Waals surface area contributed by atoms with Gasteiger partial charge in [0.2, 0.25) is 0 Å². The van der Waals surface area contributed by atoms with Crippen LogP contribution in [0.5, 0.6) is 0 Å². The normalized spacial score (nSPS) is 12.4. The molecule has 0 aliphatic heterocycles. The van der Waals surface area contributed by atoms with E-state index in [1.807, 2.05) is 0 Å². The van der Waals surface area contributed by atoms with Gasteiger partial charge in [-0.1, -0.05) is 11.6 Å². The molecule has 0 aromatic carbocycles. The number of halogens is 4. The summed E-state index contributed by atoms with van der Waals surface area (Å²) in [5.74, 6) is -0.853. The molecule has 3 rings (SSSR count). The Labute approximate surface area is 167 Å². The number of aromatic amines is 1. The number of nitrogens with one attached hydrogen (secondary N) is 1. The summed E-state index contributed by atoms with van der Waals surface area (Å²) in [4.78, 5) is 35.0. The predicted octanol–water partition coefficient (Wildman–Crippen LogP) is 3.89. The Bertz CT molecular complexity index is 1200. The summed E-state index contributed by atoms with van der Waals surface area (Å²) < 4.78 is 40.2. The molecule has 0 atom stereocenters. The third kappa shape index (κ3) is 3.46. The average Bonchev–Trinajstić information content (AvgIpc) is 2.61. The number of hydrogen-bond acceptors (Lipinski definition) is 4. The van der Waals surface area contributed by atoms with E-state index in [9.17, 15) is 22.8 Å². The van der Waals surface area contributed by atoms with Crippen LogP contribution in [0.25, 0.3) is 22.2 Å². The molecule has 0 bridgehead atoms. The van der Waals surface area contributed by atoms with Crippen molar-refractivity contribution in [2.24, 2.45) is 5.73 Å². The van der Waals surface area contributed by atoms with Gasteiger partial charge in [0.15, 0.2) is 5.43 Å². The summed E-state index contributed by atoms with van der Waals surface area (Å²) in [5, 5.41) is -0.156. The first kappa shape index (κ1) is 20.8. The molecule has 0 aliphatic carbocycles. The number of carbonyl (C=O) groups is 1. The molecular formula is C19H16ClF3N4O2. The van der Waals surface area contributed by atoms with E-state index in [0.29, 0.717) is 11.1 Å². The molecule has 6 nitrogen and oxygen atoms in total. The Morgan fingerprint density at radius 3 is 2.48 bits per heavy atom. The largest absolute Gasteiger partial charge is 0.399 e. The van der Waals surface area contributed by atoms with Crippen molar-refractivity contribution in [2.45, 2.75) is 32.4 Å². The number of carbonyl (C=O) groups excluding carboxylic acids is 1. The number of nitrogens with two attached hydrogens (primary N) is 1. The van der Waals surface area contributed by atoms with Crippen LogP contribution in [-0.2, 0) is 5.41 Å². The molecule has 0 saturated heterocycles.